The molecule has 0 atom stereocenters. The number of carboxylic acid groups (broad SMARTS) is 2. The number of hydrogen-bond acceptors (Lipinski definition) is 5. The highest BCUT2D eigenvalue weighted by Gasteiger charge is 2.38. The molecule has 8 nitrogen and oxygen atoms in total. The van der Waals surface area contributed by atoms with Gasteiger partial charge in [-0.05, 0) is 62.5 Å². The van der Waals surface area contributed by atoms with E-state index in [0.717, 1.165) is 58.3 Å². The van der Waals surface area contributed by atoms with Gasteiger partial charge in [-0.25, -0.2) is 9.59 Å². The molecule has 0 radical (unpaired) electrons. The molecular weight excluding hydrogens is 475 g/mol. The van der Waals surface area contributed by atoms with Crippen molar-refractivity contribution in [3.63, 3.8) is 0 Å². The standard InChI is InChI=1S/C20H29N3O3S.C2HF3O2/c24-19(25)14-1-3-16(4-2-14)22-20(26)23-9-6-13(7-10-23)18-11-15-12-21-8-5-17(15)27-18;3-2(4,5)1(6)7/h11,13-14,16,21H,1-10,12H2,(H,22,26)(H,24,25);(H,6,7)/t14-,16-;. The van der Waals surface area contributed by atoms with E-state index in [4.69, 9.17) is 15.0 Å². The predicted octanol–water partition coefficient (Wildman–Crippen LogP) is 3.56. The predicted molar refractivity (Wildman–Crippen MR) is 119 cm³/mol. The molecule has 190 valence electrons. The summed E-state index contributed by atoms with van der Waals surface area (Å²) in [6.45, 7) is 3.70. The van der Waals surface area contributed by atoms with Crippen molar-refractivity contribution in [3.8, 4) is 0 Å². The van der Waals surface area contributed by atoms with Crippen LogP contribution in [0.25, 0.3) is 0 Å². The van der Waals surface area contributed by atoms with Crippen LogP contribution in [0.1, 0.15) is 59.8 Å². The van der Waals surface area contributed by atoms with Crippen molar-refractivity contribution in [1.29, 1.82) is 0 Å². The van der Waals surface area contributed by atoms with Crippen LogP contribution in [0.2, 0.25) is 0 Å². The highest BCUT2D eigenvalue weighted by atomic mass is 32.1. The van der Waals surface area contributed by atoms with Crippen LogP contribution in [0.15, 0.2) is 6.07 Å². The van der Waals surface area contributed by atoms with Gasteiger partial charge in [0.2, 0.25) is 0 Å². The number of carbonyl (C=O) groups is 3. The Labute approximate surface area is 199 Å². The van der Waals surface area contributed by atoms with E-state index in [1.807, 2.05) is 16.2 Å². The van der Waals surface area contributed by atoms with Gasteiger partial charge in [0.05, 0.1) is 5.92 Å². The highest BCUT2D eigenvalue weighted by Crippen LogP contribution is 2.36. The van der Waals surface area contributed by atoms with Gasteiger partial charge in [0, 0.05) is 42.0 Å². The number of hydrogen-bond donors (Lipinski definition) is 4. The molecule has 34 heavy (non-hydrogen) atoms. The van der Waals surface area contributed by atoms with Gasteiger partial charge in [-0.2, -0.15) is 13.2 Å². The van der Waals surface area contributed by atoms with Crippen LogP contribution in [-0.4, -0.2) is 64.9 Å². The lowest BCUT2D eigenvalue weighted by atomic mass is 9.86. The van der Waals surface area contributed by atoms with Crippen LogP contribution in [0.4, 0.5) is 18.0 Å². The molecule has 12 heteroatoms. The largest absolute Gasteiger partial charge is 0.490 e. The summed E-state index contributed by atoms with van der Waals surface area (Å²) in [4.78, 5) is 37.5. The number of aliphatic carboxylic acids is 2. The van der Waals surface area contributed by atoms with Gasteiger partial charge in [0.15, 0.2) is 0 Å². The van der Waals surface area contributed by atoms with Gasteiger partial charge in [-0.15, -0.1) is 11.3 Å². The van der Waals surface area contributed by atoms with Crippen molar-refractivity contribution in [2.24, 2.45) is 5.92 Å². The van der Waals surface area contributed by atoms with Crippen molar-refractivity contribution in [1.82, 2.24) is 15.5 Å². The molecule has 1 saturated carbocycles. The molecule has 0 spiro atoms. The van der Waals surface area contributed by atoms with E-state index in [0.29, 0.717) is 18.8 Å². The molecular formula is C22H30F3N3O5S. The van der Waals surface area contributed by atoms with Gasteiger partial charge >= 0.3 is 24.1 Å². The fourth-order valence-electron chi connectivity index (χ4n) is 4.59. The zero-order valence-corrected chi connectivity index (χ0v) is 19.5. The number of fused-ring (bicyclic) bond motifs is 1. The molecule has 2 aliphatic heterocycles. The summed E-state index contributed by atoms with van der Waals surface area (Å²) < 4.78 is 31.7. The fourth-order valence-corrected chi connectivity index (χ4v) is 5.95. The third kappa shape index (κ3) is 7.08. The first-order valence-corrected chi connectivity index (χ1v) is 12.3. The molecule has 1 saturated heterocycles. The lowest BCUT2D eigenvalue weighted by Gasteiger charge is -2.34. The average Bonchev–Trinajstić information content (AvgIpc) is 3.24. The Bertz CT molecular complexity index is 852. The average molecular weight is 506 g/mol. The van der Waals surface area contributed by atoms with Crippen molar-refractivity contribution in [2.45, 2.75) is 69.6 Å². The molecule has 1 aromatic rings. The van der Waals surface area contributed by atoms with Crippen LogP contribution >= 0.6 is 11.3 Å². The number of alkyl halides is 3. The van der Waals surface area contributed by atoms with Gasteiger partial charge in [0.25, 0.3) is 0 Å². The molecule has 4 rings (SSSR count). The molecule has 0 bridgehead atoms. The maximum atomic E-state index is 12.6. The molecule has 0 unspecified atom stereocenters. The van der Waals surface area contributed by atoms with Crippen molar-refractivity contribution < 1.29 is 37.8 Å². The second-order valence-electron chi connectivity index (χ2n) is 8.92. The minimum atomic E-state index is -5.08. The van der Waals surface area contributed by atoms with E-state index in [1.54, 1.807) is 4.88 Å². The van der Waals surface area contributed by atoms with Gasteiger partial charge < -0.3 is 25.7 Å². The first kappa shape index (κ1) is 26.3. The second kappa shape index (κ2) is 11.4. The first-order valence-electron chi connectivity index (χ1n) is 11.4. The third-order valence-electron chi connectivity index (χ3n) is 6.59. The van der Waals surface area contributed by atoms with E-state index >= 15 is 0 Å². The van der Waals surface area contributed by atoms with E-state index in [9.17, 15) is 22.8 Å². The van der Waals surface area contributed by atoms with E-state index in [-0.39, 0.29) is 18.0 Å². The van der Waals surface area contributed by atoms with Crippen LogP contribution in [0.5, 0.6) is 0 Å². The van der Waals surface area contributed by atoms with Crippen molar-refractivity contribution >= 4 is 29.3 Å². The number of carbonyl (C=O) groups excluding carboxylic acids is 1. The quantitative estimate of drug-likeness (QED) is 0.499. The SMILES string of the molecule is O=C(N[C@H]1CC[C@H](C(=O)O)CC1)N1CCC(c2cc3c(s2)CCNC3)CC1.O=C(O)C(F)(F)F. The molecule has 2 amide bonds. The number of carboxylic acids is 2. The van der Waals surface area contributed by atoms with Gasteiger partial charge in [-0.1, -0.05) is 0 Å². The second-order valence-corrected chi connectivity index (χ2v) is 10.1. The Balaban J connectivity index is 0.000000406. The lowest BCUT2D eigenvalue weighted by Crippen LogP contribution is -2.48. The number of amides is 2. The number of thiophene rings is 1. The fraction of sp³-hybridized carbons (Fsp3) is 0.682. The topological polar surface area (TPSA) is 119 Å². The maximum absolute atomic E-state index is 12.6. The van der Waals surface area contributed by atoms with E-state index in [1.165, 1.54) is 10.4 Å². The van der Waals surface area contributed by atoms with Crippen LogP contribution < -0.4 is 10.6 Å². The van der Waals surface area contributed by atoms with E-state index in [2.05, 4.69) is 16.7 Å². The Kier molecular flexibility index (Phi) is 8.80. The molecule has 1 aliphatic carbocycles. The third-order valence-corrected chi connectivity index (χ3v) is 7.99. The molecule has 4 N–H and O–H groups in total. The highest BCUT2D eigenvalue weighted by molar-refractivity contribution is 7.12. The molecule has 1 aromatic heterocycles. The summed E-state index contributed by atoms with van der Waals surface area (Å²) in [5.74, 6) is -3.11. The van der Waals surface area contributed by atoms with Crippen LogP contribution in [0, 0.1) is 5.92 Å². The van der Waals surface area contributed by atoms with E-state index < -0.39 is 18.1 Å². The minimum Gasteiger partial charge on any atom is -0.481 e. The number of nitrogens with one attached hydrogen (secondary N) is 2. The Hall–Kier alpha value is -2.34. The Morgan fingerprint density at radius 1 is 1.06 bits per heavy atom. The number of rotatable bonds is 3. The summed E-state index contributed by atoms with van der Waals surface area (Å²) in [6, 6.07) is 2.54. The van der Waals surface area contributed by atoms with Crippen LogP contribution in [0.3, 0.4) is 0 Å². The Morgan fingerprint density at radius 2 is 1.68 bits per heavy atom. The number of halogens is 3. The monoisotopic (exact) mass is 505 g/mol. The molecule has 0 aromatic carbocycles. The summed E-state index contributed by atoms with van der Waals surface area (Å²) in [5, 5.41) is 22.8. The zero-order chi connectivity index (χ0) is 24.9. The summed E-state index contributed by atoms with van der Waals surface area (Å²) in [6.07, 6.45) is 1.01. The van der Waals surface area contributed by atoms with Gasteiger partial charge in [-0.3, -0.25) is 4.79 Å². The summed E-state index contributed by atoms with van der Waals surface area (Å²) >= 11 is 1.98. The normalized spacial score (nSPS) is 23.3. The summed E-state index contributed by atoms with van der Waals surface area (Å²) in [7, 11) is 0. The van der Waals surface area contributed by atoms with Gasteiger partial charge in [0.1, 0.15) is 0 Å². The number of likely N-dealkylation sites (tertiary alicyclic amines) is 1. The minimum absolute atomic E-state index is 0.0295. The lowest BCUT2D eigenvalue weighted by molar-refractivity contribution is -0.192. The number of nitrogens with zero attached hydrogens (tertiary/aromatic N) is 1. The first-order chi connectivity index (χ1) is 16.0. The number of urea groups is 1. The van der Waals surface area contributed by atoms with Crippen LogP contribution in [-0.2, 0) is 22.6 Å². The maximum Gasteiger partial charge on any atom is 0.490 e. The molecule has 3 heterocycles. The molecule has 2 fully saturated rings. The smallest absolute Gasteiger partial charge is 0.481 e. The van der Waals surface area contributed by atoms with Crippen molar-refractivity contribution in [3.05, 3.63) is 21.4 Å². The zero-order valence-electron chi connectivity index (χ0n) is 18.7. The Morgan fingerprint density at radius 3 is 2.21 bits per heavy atom. The number of piperidine rings is 1. The van der Waals surface area contributed by atoms with Crippen molar-refractivity contribution in [2.75, 3.05) is 19.6 Å². The summed E-state index contributed by atoms with van der Waals surface area (Å²) in [5.41, 5.74) is 1.47. The molecule has 3 aliphatic rings.